The number of alkyl halides is 3. The number of nitrogens with zero attached hydrogens (tertiary/aromatic N) is 3. The molecule has 3 heterocycles. The zero-order chi connectivity index (χ0) is 22.7. The summed E-state index contributed by atoms with van der Waals surface area (Å²) in [7, 11) is 0. The van der Waals surface area contributed by atoms with Gasteiger partial charge in [0.15, 0.2) is 17.5 Å². The first-order chi connectivity index (χ1) is 15.2. The van der Waals surface area contributed by atoms with E-state index in [1.165, 1.54) is 12.3 Å². The Balaban J connectivity index is 1.65. The van der Waals surface area contributed by atoms with Crippen molar-refractivity contribution in [1.29, 1.82) is 0 Å². The lowest BCUT2D eigenvalue weighted by Gasteiger charge is -2.31. The molecule has 1 aliphatic carbocycles. The van der Waals surface area contributed by atoms with E-state index in [-0.39, 0.29) is 35.3 Å². The molecule has 32 heavy (non-hydrogen) atoms. The predicted molar refractivity (Wildman–Crippen MR) is 106 cm³/mol. The molecular weight excluding hydrogens is 431 g/mol. The highest BCUT2D eigenvalue weighted by atomic mass is 19.4. The van der Waals surface area contributed by atoms with Gasteiger partial charge in [-0.1, -0.05) is 5.92 Å². The summed E-state index contributed by atoms with van der Waals surface area (Å²) in [6, 6.07) is 3.76. The monoisotopic (exact) mass is 446 g/mol. The van der Waals surface area contributed by atoms with E-state index >= 15 is 0 Å². The fourth-order valence-corrected chi connectivity index (χ4v) is 3.99. The Morgan fingerprint density at radius 1 is 1.16 bits per heavy atom. The van der Waals surface area contributed by atoms with Crippen LogP contribution >= 0.6 is 0 Å². The molecule has 2 aliphatic rings. The maximum Gasteiger partial charge on any atom is 0.405 e. The molecular formula is C22H15F5N4O. The Hall–Kier alpha value is -3.48. The molecule has 164 valence electrons. The molecule has 10 heteroatoms. The van der Waals surface area contributed by atoms with Gasteiger partial charge >= 0.3 is 11.9 Å². The van der Waals surface area contributed by atoms with Crippen LogP contribution in [0, 0.1) is 28.9 Å². The van der Waals surface area contributed by atoms with E-state index in [0.29, 0.717) is 30.6 Å². The van der Waals surface area contributed by atoms with Gasteiger partial charge in [0.05, 0.1) is 10.9 Å². The Kier molecular flexibility index (Phi) is 4.48. The van der Waals surface area contributed by atoms with Gasteiger partial charge in [0, 0.05) is 24.0 Å². The first-order valence-electron chi connectivity index (χ1n) is 9.93. The lowest BCUT2D eigenvalue weighted by Crippen LogP contribution is -2.29. The highest BCUT2D eigenvalue weighted by Crippen LogP contribution is 2.57. The van der Waals surface area contributed by atoms with Crippen LogP contribution in [0.5, 0.6) is 0 Å². The first-order valence-corrected chi connectivity index (χ1v) is 9.93. The summed E-state index contributed by atoms with van der Waals surface area (Å²) >= 11 is 0. The number of aromatic nitrogens is 3. The van der Waals surface area contributed by atoms with Crippen molar-refractivity contribution in [1.82, 2.24) is 15.0 Å². The molecule has 0 amide bonds. The number of halogens is 5. The summed E-state index contributed by atoms with van der Waals surface area (Å²) in [5.41, 5.74) is -1.37. The highest BCUT2D eigenvalue weighted by Gasteiger charge is 2.62. The maximum atomic E-state index is 14.7. The molecule has 5 nitrogen and oxygen atoms in total. The van der Waals surface area contributed by atoms with E-state index in [0.717, 1.165) is 6.07 Å². The average molecular weight is 446 g/mol. The lowest BCUT2D eigenvalue weighted by atomic mass is 9.99. The molecule has 0 radical (unpaired) electrons. The Morgan fingerprint density at radius 2 is 1.94 bits per heavy atom. The van der Waals surface area contributed by atoms with Crippen molar-refractivity contribution in [3.63, 3.8) is 0 Å². The predicted octanol–water partition coefficient (Wildman–Crippen LogP) is 4.37. The molecule has 0 atom stereocenters. The third kappa shape index (κ3) is 3.20. The topological polar surface area (TPSA) is 61.9 Å². The zero-order valence-corrected chi connectivity index (χ0v) is 16.5. The van der Waals surface area contributed by atoms with Crippen LogP contribution < -0.4 is 10.6 Å². The van der Waals surface area contributed by atoms with Gasteiger partial charge in [0.25, 0.3) is 0 Å². The van der Waals surface area contributed by atoms with Gasteiger partial charge in [-0.3, -0.25) is 0 Å². The van der Waals surface area contributed by atoms with E-state index < -0.39 is 28.9 Å². The van der Waals surface area contributed by atoms with Crippen molar-refractivity contribution in [3.8, 4) is 11.8 Å². The molecule has 0 saturated heterocycles. The van der Waals surface area contributed by atoms with Crippen molar-refractivity contribution in [2.24, 2.45) is 5.41 Å². The van der Waals surface area contributed by atoms with Crippen LogP contribution in [0.3, 0.4) is 0 Å². The minimum Gasteiger partial charge on any atom is -0.325 e. The average Bonchev–Trinajstić information content (AvgIpc) is 3.55. The summed E-state index contributed by atoms with van der Waals surface area (Å²) in [5.74, 6) is 2.63. The fourth-order valence-electron chi connectivity index (χ4n) is 3.99. The summed E-state index contributed by atoms with van der Waals surface area (Å²) < 4.78 is 68.3. The van der Waals surface area contributed by atoms with Gasteiger partial charge in [-0.2, -0.15) is 18.2 Å². The van der Waals surface area contributed by atoms with Crippen molar-refractivity contribution < 1.29 is 22.0 Å². The van der Waals surface area contributed by atoms with Crippen LogP contribution in [0.1, 0.15) is 30.5 Å². The van der Waals surface area contributed by atoms with Gasteiger partial charge in [-0.15, -0.1) is 0 Å². The van der Waals surface area contributed by atoms with Crippen molar-refractivity contribution >= 4 is 22.4 Å². The number of hydrogen-bond acceptors (Lipinski definition) is 4. The van der Waals surface area contributed by atoms with Gasteiger partial charge in [-0.25, -0.2) is 18.6 Å². The number of anilines is 2. The summed E-state index contributed by atoms with van der Waals surface area (Å²) in [6.07, 6.45) is -2.08. The Labute approximate surface area is 178 Å². The van der Waals surface area contributed by atoms with Crippen molar-refractivity contribution in [2.75, 3.05) is 11.4 Å². The third-order valence-corrected chi connectivity index (χ3v) is 5.87. The van der Waals surface area contributed by atoms with Crippen LogP contribution in [0.2, 0.25) is 0 Å². The van der Waals surface area contributed by atoms with E-state index in [1.807, 2.05) is 0 Å². The number of H-pyrrole nitrogens is 1. The molecule has 1 aliphatic heterocycles. The number of pyridine rings is 1. The van der Waals surface area contributed by atoms with Crippen molar-refractivity contribution in [3.05, 3.63) is 57.8 Å². The van der Waals surface area contributed by atoms with E-state index in [1.54, 1.807) is 11.0 Å². The van der Waals surface area contributed by atoms with Crippen molar-refractivity contribution in [2.45, 2.75) is 31.9 Å². The summed E-state index contributed by atoms with van der Waals surface area (Å²) in [5, 5.41) is -0.184. The summed E-state index contributed by atoms with van der Waals surface area (Å²) in [6.45, 7) is 0.345. The van der Waals surface area contributed by atoms with Gasteiger partial charge in [0.1, 0.15) is 11.1 Å². The third-order valence-electron chi connectivity index (χ3n) is 5.87. The second-order valence-corrected chi connectivity index (χ2v) is 7.89. The largest absolute Gasteiger partial charge is 0.405 e. The molecule has 0 unspecified atom stereocenters. The molecule has 1 aromatic carbocycles. The molecule has 5 rings (SSSR count). The fraction of sp³-hybridized carbons (Fsp3) is 0.318. The van der Waals surface area contributed by atoms with Crippen LogP contribution in [0.25, 0.3) is 10.9 Å². The second-order valence-electron chi connectivity index (χ2n) is 7.89. The normalized spacial score (nSPS) is 17.0. The van der Waals surface area contributed by atoms with Crippen LogP contribution in [0.15, 0.2) is 29.2 Å². The van der Waals surface area contributed by atoms with E-state index in [9.17, 15) is 26.7 Å². The second kappa shape index (κ2) is 7.02. The standard InChI is InChI=1S/C22H15F5N4O/c23-13-3-4-15-17(18(13)24)19(30-20(32)29-15)31-11-1-2-12-14(28-10-6-16(12)31)5-7-21(8-9-21)22(25,26)27/h3-4,6,10H,1-2,8-9,11H2,(H,29,30,32). The van der Waals surface area contributed by atoms with Gasteiger partial charge in [-0.05, 0) is 49.8 Å². The van der Waals surface area contributed by atoms with Gasteiger partial charge < -0.3 is 9.88 Å². The number of benzene rings is 1. The van der Waals surface area contributed by atoms with Crippen LogP contribution in [-0.4, -0.2) is 27.7 Å². The van der Waals surface area contributed by atoms with E-state index in [2.05, 4.69) is 26.8 Å². The molecule has 1 saturated carbocycles. The zero-order valence-electron chi connectivity index (χ0n) is 16.5. The van der Waals surface area contributed by atoms with E-state index in [4.69, 9.17) is 0 Å². The number of nitrogens with one attached hydrogen (secondary N) is 1. The SMILES string of the molecule is O=c1nc(N2CCCc3c2ccnc3C#CC2(C(F)(F)F)CC2)c2c(F)c(F)ccc2[nH]1. The minimum atomic E-state index is -4.41. The molecule has 1 fully saturated rings. The summed E-state index contributed by atoms with van der Waals surface area (Å²) in [4.78, 5) is 24.1. The molecule has 3 aromatic rings. The van der Waals surface area contributed by atoms with Crippen LogP contribution in [-0.2, 0) is 6.42 Å². The molecule has 0 spiro atoms. The highest BCUT2D eigenvalue weighted by molar-refractivity contribution is 5.92. The number of rotatable bonds is 1. The Morgan fingerprint density at radius 3 is 2.66 bits per heavy atom. The number of fused-ring (bicyclic) bond motifs is 2. The quantitative estimate of drug-likeness (QED) is 0.445. The minimum absolute atomic E-state index is 0.0435. The Bertz CT molecular complexity index is 1360. The lowest BCUT2D eigenvalue weighted by molar-refractivity contribution is -0.168. The maximum absolute atomic E-state index is 14.7. The molecule has 1 N–H and O–H groups in total. The first kappa shape index (κ1) is 20.4. The molecule has 0 bridgehead atoms. The van der Waals surface area contributed by atoms with Gasteiger partial charge in [0.2, 0.25) is 0 Å². The van der Waals surface area contributed by atoms with Crippen LogP contribution in [0.4, 0.5) is 33.5 Å². The smallest absolute Gasteiger partial charge is 0.325 e. The number of aromatic amines is 1. The number of hydrogen-bond donors (Lipinski definition) is 1. The molecule has 2 aromatic heterocycles.